The van der Waals surface area contributed by atoms with Crippen molar-refractivity contribution in [2.75, 3.05) is 5.33 Å². The molecule has 106 valence electrons. The van der Waals surface area contributed by atoms with Crippen LogP contribution in [-0.4, -0.2) is 17.3 Å². The molecule has 0 heterocycles. The van der Waals surface area contributed by atoms with Crippen LogP contribution in [0.15, 0.2) is 18.2 Å². The number of hydrogen-bond acceptors (Lipinski definition) is 1. The van der Waals surface area contributed by atoms with E-state index >= 15 is 0 Å². The zero-order chi connectivity index (χ0) is 14.6. The maximum atomic E-state index is 13.2. The maximum Gasteiger partial charge on any atom is 0.251 e. The van der Waals surface area contributed by atoms with Crippen molar-refractivity contribution in [3.05, 3.63) is 35.1 Å². The molecule has 1 unspecified atom stereocenters. The van der Waals surface area contributed by atoms with E-state index < -0.39 is 0 Å². The molecule has 0 saturated carbocycles. The second-order valence-corrected chi connectivity index (χ2v) is 6.62. The van der Waals surface area contributed by atoms with Gasteiger partial charge >= 0.3 is 0 Å². The first-order valence-electron chi connectivity index (χ1n) is 6.38. The molecular formula is C15H21BrFNO. The Labute approximate surface area is 122 Å². The molecule has 0 bridgehead atoms. The van der Waals surface area contributed by atoms with Crippen LogP contribution in [0.25, 0.3) is 0 Å². The quantitative estimate of drug-likeness (QED) is 0.829. The van der Waals surface area contributed by atoms with Crippen molar-refractivity contribution in [3.63, 3.8) is 0 Å². The molecule has 0 spiro atoms. The highest BCUT2D eigenvalue weighted by Gasteiger charge is 2.26. The standard InChI is InChI=1S/C15H21BrFNO/c1-10-5-6-11(17)9-12(10)14(19)18-13(7-8-16)15(2,3)4/h5-6,9,13H,7-8H2,1-4H3,(H,18,19). The van der Waals surface area contributed by atoms with E-state index in [-0.39, 0.29) is 23.2 Å². The second kappa shape index (κ2) is 6.51. The Morgan fingerprint density at radius 2 is 2.05 bits per heavy atom. The average Bonchev–Trinajstić information content (AvgIpc) is 2.30. The molecule has 0 aliphatic carbocycles. The van der Waals surface area contributed by atoms with Gasteiger partial charge in [-0.05, 0) is 36.5 Å². The first-order valence-corrected chi connectivity index (χ1v) is 7.51. The Morgan fingerprint density at radius 3 is 2.58 bits per heavy atom. The van der Waals surface area contributed by atoms with E-state index in [4.69, 9.17) is 0 Å². The van der Waals surface area contributed by atoms with Gasteiger partial charge < -0.3 is 5.32 Å². The van der Waals surface area contributed by atoms with E-state index in [0.717, 1.165) is 17.3 Å². The molecule has 1 amide bonds. The van der Waals surface area contributed by atoms with Gasteiger partial charge in [0.15, 0.2) is 0 Å². The Hall–Kier alpha value is -0.900. The molecule has 1 aromatic rings. The fourth-order valence-corrected chi connectivity index (χ4v) is 2.36. The molecule has 0 radical (unpaired) electrons. The highest BCUT2D eigenvalue weighted by Crippen LogP contribution is 2.23. The van der Waals surface area contributed by atoms with Crippen molar-refractivity contribution in [1.82, 2.24) is 5.32 Å². The molecule has 1 N–H and O–H groups in total. The lowest BCUT2D eigenvalue weighted by Crippen LogP contribution is -2.44. The van der Waals surface area contributed by atoms with Crippen molar-refractivity contribution in [2.24, 2.45) is 5.41 Å². The van der Waals surface area contributed by atoms with Crippen molar-refractivity contribution in [2.45, 2.75) is 40.2 Å². The third kappa shape index (κ3) is 4.60. The molecule has 1 atom stereocenters. The zero-order valence-corrected chi connectivity index (χ0v) is 13.5. The maximum absolute atomic E-state index is 13.2. The summed E-state index contributed by atoms with van der Waals surface area (Å²) in [4.78, 5) is 12.3. The van der Waals surface area contributed by atoms with Crippen LogP contribution in [0.2, 0.25) is 0 Å². The molecule has 0 saturated heterocycles. The summed E-state index contributed by atoms with van der Waals surface area (Å²) < 4.78 is 13.2. The van der Waals surface area contributed by atoms with Crippen molar-refractivity contribution < 1.29 is 9.18 Å². The van der Waals surface area contributed by atoms with Gasteiger partial charge in [-0.2, -0.15) is 0 Å². The normalized spacial score (nSPS) is 13.2. The van der Waals surface area contributed by atoms with Gasteiger partial charge in [0.1, 0.15) is 5.82 Å². The zero-order valence-electron chi connectivity index (χ0n) is 11.9. The van der Waals surface area contributed by atoms with Crippen LogP contribution in [-0.2, 0) is 0 Å². The minimum absolute atomic E-state index is 0.0370. The highest BCUT2D eigenvalue weighted by atomic mass is 79.9. The van der Waals surface area contributed by atoms with Gasteiger partial charge in [-0.15, -0.1) is 0 Å². The molecule has 0 aromatic heterocycles. The van der Waals surface area contributed by atoms with Gasteiger partial charge in [0, 0.05) is 16.9 Å². The van der Waals surface area contributed by atoms with E-state index in [1.807, 2.05) is 6.92 Å². The summed E-state index contributed by atoms with van der Waals surface area (Å²) in [6.07, 6.45) is 0.837. The highest BCUT2D eigenvalue weighted by molar-refractivity contribution is 9.09. The lowest BCUT2D eigenvalue weighted by molar-refractivity contribution is 0.0899. The fraction of sp³-hybridized carbons (Fsp3) is 0.533. The first kappa shape index (κ1) is 16.2. The van der Waals surface area contributed by atoms with Crippen LogP contribution in [0, 0.1) is 18.2 Å². The van der Waals surface area contributed by atoms with Crippen LogP contribution in [0.1, 0.15) is 43.1 Å². The molecule has 0 aliphatic rings. The molecule has 0 aliphatic heterocycles. The minimum Gasteiger partial charge on any atom is -0.349 e. The Morgan fingerprint density at radius 1 is 1.42 bits per heavy atom. The van der Waals surface area contributed by atoms with Gasteiger partial charge in [0.2, 0.25) is 0 Å². The van der Waals surface area contributed by atoms with Gasteiger partial charge in [0.05, 0.1) is 0 Å². The third-order valence-electron chi connectivity index (χ3n) is 3.19. The summed E-state index contributed by atoms with van der Waals surface area (Å²) >= 11 is 3.40. The van der Waals surface area contributed by atoms with Crippen LogP contribution >= 0.6 is 15.9 Å². The number of alkyl halides is 1. The summed E-state index contributed by atoms with van der Waals surface area (Å²) in [5, 5.41) is 3.82. The van der Waals surface area contributed by atoms with Crippen LogP contribution in [0.5, 0.6) is 0 Å². The van der Waals surface area contributed by atoms with E-state index in [9.17, 15) is 9.18 Å². The van der Waals surface area contributed by atoms with Crippen molar-refractivity contribution >= 4 is 21.8 Å². The molecule has 1 rings (SSSR count). The third-order valence-corrected chi connectivity index (χ3v) is 3.65. The summed E-state index contributed by atoms with van der Waals surface area (Å²) in [5.74, 6) is -0.596. The number of halogens is 2. The lowest BCUT2D eigenvalue weighted by atomic mass is 9.85. The Balaban J connectivity index is 2.91. The number of rotatable bonds is 4. The summed E-state index contributed by atoms with van der Waals surface area (Å²) in [6.45, 7) is 8.06. The van der Waals surface area contributed by atoms with Crippen molar-refractivity contribution in [3.8, 4) is 0 Å². The Kier molecular flexibility index (Phi) is 5.53. The van der Waals surface area contributed by atoms with Crippen LogP contribution < -0.4 is 5.32 Å². The largest absolute Gasteiger partial charge is 0.349 e. The summed E-state index contributed by atoms with van der Waals surface area (Å²) in [5.41, 5.74) is 1.15. The predicted molar refractivity (Wildman–Crippen MR) is 80.3 cm³/mol. The first-order chi connectivity index (χ1) is 8.75. The van der Waals surface area contributed by atoms with E-state index in [1.165, 1.54) is 12.1 Å². The summed E-state index contributed by atoms with van der Waals surface area (Å²) in [6, 6.07) is 4.33. The topological polar surface area (TPSA) is 29.1 Å². The predicted octanol–water partition coefficient (Wildman–Crippen LogP) is 4.06. The molecule has 19 heavy (non-hydrogen) atoms. The van der Waals surface area contributed by atoms with Crippen LogP contribution in [0.3, 0.4) is 0 Å². The number of nitrogens with one attached hydrogen (secondary N) is 1. The van der Waals surface area contributed by atoms with E-state index in [0.29, 0.717) is 5.56 Å². The number of hydrogen-bond donors (Lipinski definition) is 1. The van der Waals surface area contributed by atoms with E-state index in [2.05, 4.69) is 42.0 Å². The fourth-order valence-electron chi connectivity index (χ4n) is 1.91. The lowest BCUT2D eigenvalue weighted by Gasteiger charge is -2.31. The molecule has 1 aromatic carbocycles. The number of carbonyl (C=O) groups excluding carboxylic acids is 1. The number of amides is 1. The summed E-state index contributed by atoms with van der Waals surface area (Å²) in [7, 11) is 0. The van der Waals surface area contributed by atoms with Crippen molar-refractivity contribution in [1.29, 1.82) is 0 Å². The molecule has 4 heteroatoms. The number of carbonyl (C=O) groups is 1. The second-order valence-electron chi connectivity index (χ2n) is 5.83. The Bertz CT molecular complexity index is 454. The SMILES string of the molecule is Cc1ccc(F)cc1C(=O)NC(CCBr)C(C)(C)C. The van der Waals surface area contributed by atoms with Gasteiger partial charge in [0.25, 0.3) is 5.91 Å². The molecule has 0 fully saturated rings. The van der Waals surface area contributed by atoms with Gasteiger partial charge in [-0.3, -0.25) is 4.79 Å². The number of aryl methyl sites for hydroxylation is 1. The van der Waals surface area contributed by atoms with Crippen LogP contribution in [0.4, 0.5) is 4.39 Å². The molecule has 2 nitrogen and oxygen atoms in total. The van der Waals surface area contributed by atoms with E-state index in [1.54, 1.807) is 6.07 Å². The smallest absolute Gasteiger partial charge is 0.251 e. The average molecular weight is 330 g/mol. The van der Waals surface area contributed by atoms with Gasteiger partial charge in [-0.1, -0.05) is 42.8 Å². The van der Waals surface area contributed by atoms with Gasteiger partial charge in [-0.25, -0.2) is 4.39 Å². The minimum atomic E-state index is -0.386. The number of benzene rings is 1. The molecular weight excluding hydrogens is 309 g/mol. The monoisotopic (exact) mass is 329 g/mol.